The number of piperazine rings is 1. The lowest BCUT2D eigenvalue weighted by molar-refractivity contribution is 0.0949. The zero-order chi connectivity index (χ0) is 20.9. The Hall–Kier alpha value is -3.12. The lowest BCUT2D eigenvalue weighted by atomic mass is 10.1. The van der Waals surface area contributed by atoms with Gasteiger partial charge in [0, 0.05) is 43.8 Å². The molecule has 1 aliphatic heterocycles. The second-order valence-corrected chi connectivity index (χ2v) is 7.80. The van der Waals surface area contributed by atoms with Crippen LogP contribution in [0, 0.1) is 0 Å². The maximum atomic E-state index is 12.4. The number of amides is 1. The fourth-order valence-corrected chi connectivity index (χ4v) is 3.75. The van der Waals surface area contributed by atoms with Gasteiger partial charge in [0.15, 0.2) is 0 Å². The standard InChI is InChI=1S/C24H27N3O3/c1-26-13-15-27(16-14-26)20-10-8-18(9-11-20)5-4-12-25-23(28)21-17-19-6-2-3-7-22(19)30-24(21)29/h2-3,6-11,17H,4-5,12-16H2,1H3,(H,25,28). The zero-order valence-corrected chi connectivity index (χ0v) is 17.3. The molecule has 0 spiro atoms. The van der Waals surface area contributed by atoms with Gasteiger partial charge in [-0.05, 0) is 49.7 Å². The molecule has 4 rings (SSSR count). The maximum Gasteiger partial charge on any atom is 0.349 e. The minimum atomic E-state index is -0.606. The smallest absolute Gasteiger partial charge is 0.349 e. The van der Waals surface area contributed by atoms with Crippen LogP contribution in [-0.2, 0) is 6.42 Å². The number of para-hydroxylation sites is 1. The Bertz CT molecular complexity index is 1070. The number of hydrogen-bond donors (Lipinski definition) is 1. The SMILES string of the molecule is CN1CCN(c2ccc(CCCNC(=O)c3cc4ccccc4oc3=O)cc2)CC1. The van der Waals surface area contributed by atoms with Gasteiger partial charge in [0.05, 0.1) is 0 Å². The van der Waals surface area contributed by atoms with Crippen molar-refractivity contribution in [2.45, 2.75) is 12.8 Å². The fourth-order valence-electron chi connectivity index (χ4n) is 3.75. The number of carbonyl (C=O) groups is 1. The van der Waals surface area contributed by atoms with Crippen molar-refractivity contribution in [2.75, 3.05) is 44.7 Å². The summed E-state index contributed by atoms with van der Waals surface area (Å²) in [5.74, 6) is -0.389. The van der Waals surface area contributed by atoms with Gasteiger partial charge >= 0.3 is 5.63 Å². The van der Waals surface area contributed by atoms with E-state index in [9.17, 15) is 9.59 Å². The van der Waals surface area contributed by atoms with E-state index in [0.717, 1.165) is 44.4 Å². The number of aryl methyl sites for hydroxylation is 1. The summed E-state index contributed by atoms with van der Waals surface area (Å²) in [6.07, 6.45) is 1.67. The predicted octanol–water partition coefficient (Wildman–Crippen LogP) is 2.91. The molecule has 0 unspecified atom stereocenters. The van der Waals surface area contributed by atoms with Gasteiger partial charge in [-0.15, -0.1) is 0 Å². The fraction of sp³-hybridized carbons (Fsp3) is 0.333. The maximum absolute atomic E-state index is 12.4. The molecule has 0 bridgehead atoms. The topological polar surface area (TPSA) is 65.8 Å². The van der Waals surface area contributed by atoms with Crippen LogP contribution in [0.25, 0.3) is 11.0 Å². The van der Waals surface area contributed by atoms with Gasteiger partial charge in [0.2, 0.25) is 0 Å². The average molecular weight is 405 g/mol. The molecule has 0 radical (unpaired) electrons. The number of hydrogen-bond acceptors (Lipinski definition) is 5. The lowest BCUT2D eigenvalue weighted by Gasteiger charge is -2.34. The Balaban J connectivity index is 1.27. The lowest BCUT2D eigenvalue weighted by Crippen LogP contribution is -2.44. The van der Waals surface area contributed by atoms with Crippen LogP contribution in [-0.4, -0.2) is 50.6 Å². The van der Waals surface area contributed by atoms with Gasteiger partial charge in [0.25, 0.3) is 5.91 Å². The van der Waals surface area contributed by atoms with Crippen molar-refractivity contribution in [1.82, 2.24) is 10.2 Å². The highest BCUT2D eigenvalue weighted by Gasteiger charge is 2.14. The first-order valence-electron chi connectivity index (χ1n) is 10.4. The first kappa shape index (κ1) is 20.2. The molecule has 2 heterocycles. The zero-order valence-electron chi connectivity index (χ0n) is 17.3. The van der Waals surface area contributed by atoms with Gasteiger partial charge in [-0.1, -0.05) is 30.3 Å². The third-order valence-electron chi connectivity index (χ3n) is 5.62. The van der Waals surface area contributed by atoms with Crippen LogP contribution in [0.15, 0.2) is 63.8 Å². The highest BCUT2D eigenvalue weighted by atomic mass is 16.4. The Morgan fingerprint density at radius 3 is 2.53 bits per heavy atom. The molecule has 1 N–H and O–H groups in total. The van der Waals surface area contributed by atoms with Gasteiger partial charge in [-0.25, -0.2) is 4.79 Å². The minimum absolute atomic E-state index is 0.0465. The molecule has 0 saturated carbocycles. The van der Waals surface area contributed by atoms with Crippen LogP contribution in [0.5, 0.6) is 0 Å². The summed E-state index contributed by atoms with van der Waals surface area (Å²) in [5, 5.41) is 3.57. The Kier molecular flexibility index (Phi) is 6.14. The van der Waals surface area contributed by atoms with E-state index in [2.05, 4.69) is 46.4 Å². The number of fused-ring (bicyclic) bond motifs is 1. The third kappa shape index (κ3) is 4.71. The Morgan fingerprint density at radius 1 is 1.03 bits per heavy atom. The number of nitrogens with zero attached hydrogens (tertiary/aromatic N) is 2. The molecular formula is C24H27N3O3. The quantitative estimate of drug-likeness (QED) is 0.505. The molecule has 0 atom stereocenters. The van der Waals surface area contributed by atoms with E-state index in [1.54, 1.807) is 18.2 Å². The second-order valence-electron chi connectivity index (χ2n) is 7.80. The third-order valence-corrected chi connectivity index (χ3v) is 5.62. The van der Waals surface area contributed by atoms with E-state index in [1.165, 1.54) is 11.3 Å². The molecule has 3 aromatic rings. The van der Waals surface area contributed by atoms with Crippen LogP contribution in [0.2, 0.25) is 0 Å². The molecule has 0 aliphatic carbocycles. The second kappa shape index (κ2) is 9.13. The van der Waals surface area contributed by atoms with Crippen molar-refractivity contribution < 1.29 is 9.21 Å². The van der Waals surface area contributed by atoms with Gasteiger partial charge < -0.3 is 19.5 Å². The molecule has 30 heavy (non-hydrogen) atoms. The first-order chi connectivity index (χ1) is 14.6. The molecule has 2 aromatic carbocycles. The molecule has 1 aromatic heterocycles. The van der Waals surface area contributed by atoms with Crippen LogP contribution < -0.4 is 15.8 Å². The number of carbonyl (C=O) groups excluding carboxylic acids is 1. The average Bonchev–Trinajstić information content (AvgIpc) is 2.77. The number of likely N-dealkylation sites (N-methyl/N-ethyl adjacent to an activating group) is 1. The van der Waals surface area contributed by atoms with Gasteiger partial charge in [-0.3, -0.25) is 4.79 Å². The van der Waals surface area contributed by atoms with Crippen molar-refractivity contribution in [3.63, 3.8) is 0 Å². The number of rotatable bonds is 6. The predicted molar refractivity (Wildman–Crippen MR) is 119 cm³/mol. The highest BCUT2D eigenvalue weighted by Crippen LogP contribution is 2.18. The monoisotopic (exact) mass is 405 g/mol. The van der Waals surface area contributed by atoms with Crippen LogP contribution >= 0.6 is 0 Å². The molecule has 1 fully saturated rings. The Labute approximate surface area is 176 Å². The summed E-state index contributed by atoms with van der Waals surface area (Å²) in [6, 6.07) is 17.4. The van der Waals surface area contributed by atoms with E-state index in [1.807, 2.05) is 12.1 Å². The van der Waals surface area contributed by atoms with Gasteiger partial charge in [-0.2, -0.15) is 0 Å². The first-order valence-corrected chi connectivity index (χ1v) is 10.4. The minimum Gasteiger partial charge on any atom is -0.422 e. The molecule has 6 heteroatoms. The number of benzene rings is 2. The van der Waals surface area contributed by atoms with Crippen molar-refractivity contribution in [3.8, 4) is 0 Å². The normalized spacial score (nSPS) is 14.8. The van der Waals surface area contributed by atoms with Crippen LogP contribution in [0.1, 0.15) is 22.3 Å². The number of anilines is 1. The van der Waals surface area contributed by atoms with Crippen molar-refractivity contribution >= 4 is 22.6 Å². The van der Waals surface area contributed by atoms with Crippen LogP contribution in [0.3, 0.4) is 0 Å². The van der Waals surface area contributed by atoms with E-state index < -0.39 is 5.63 Å². The molecule has 6 nitrogen and oxygen atoms in total. The largest absolute Gasteiger partial charge is 0.422 e. The summed E-state index contributed by atoms with van der Waals surface area (Å²) in [7, 11) is 2.16. The molecule has 1 saturated heterocycles. The van der Waals surface area contributed by atoms with E-state index >= 15 is 0 Å². The van der Waals surface area contributed by atoms with Gasteiger partial charge in [0.1, 0.15) is 11.1 Å². The molecular weight excluding hydrogens is 378 g/mol. The highest BCUT2D eigenvalue weighted by molar-refractivity contribution is 5.96. The van der Waals surface area contributed by atoms with Crippen molar-refractivity contribution in [1.29, 1.82) is 0 Å². The van der Waals surface area contributed by atoms with Crippen LogP contribution in [0.4, 0.5) is 5.69 Å². The summed E-state index contributed by atoms with van der Waals surface area (Å²) in [6.45, 7) is 4.81. The Morgan fingerprint density at radius 2 is 1.77 bits per heavy atom. The van der Waals surface area contributed by atoms with E-state index in [-0.39, 0.29) is 11.5 Å². The van der Waals surface area contributed by atoms with Crippen molar-refractivity contribution in [3.05, 3.63) is 76.1 Å². The molecule has 1 amide bonds. The number of nitrogens with one attached hydrogen (secondary N) is 1. The molecule has 1 aliphatic rings. The summed E-state index contributed by atoms with van der Waals surface area (Å²) in [5.41, 5.74) is 2.44. The summed E-state index contributed by atoms with van der Waals surface area (Å²) >= 11 is 0. The molecule has 156 valence electrons. The van der Waals surface area contributed by atoms with E-state index in [0.29, 0.717) is 12.1 Å². The van der Waals surface area contributed by atoms with E-state index in [4.69, 9.17) is 4.42 Å². The summed E-state index contributed by atoms with van der Waals surface area (Å²) in [4.78, 5) is 29.2. The summed E-state index contributed by atoms with van der Waals surface area (Å²) < 4.78 is 5.23. The van der Waals surface area contributed by atoms with Crippen molar-refractivity contribution in [2.24, 2.45) is 0 Å².